The Kier molecular flexibility index (Phi) is 8.15. The van der Waals surface area contributed by atoms with Crippen molar-refractivity contribution in [2.75, 3.05) is 33.3 Å². The molecule has 3 aromatic rings. The van der Waals surface area contributed by atoms with E-state index >= 15 is 0 Å². The average Bonchev–Trinajstić information content (AvgIpc) is 3.52. The van der Waals surface area contributed by atoms with Gasteiger partial charge in [-0.3, -0.25) is 14.5 Å². The van der Waals surface area contributed by atoms with E-state index in [0.29, 0.717) is 11.3 Å². The van der Waals surface area contributed by atoms with Gasteiger partial charge in [0.15, 0.2) is 18.1 Å². The van der Waals surface area contributed by atoms with Gasteiger partial charge in [0.05, 0.1) is 27.9 Å². The van der Waals surface area contributed by atoms with E-state index in [2.05, 4.69) is 15.4 Å². The van der Waals surface area contributed by atoms with Gasteiger partial charge in [0.2, 0.25) is 11.5 Å². The van der Waals surface area contributed by atoms with Crippen LogP contribution in [0.5, 0.6) is 17.2 Å². The SMILES string of the molecule is COC(=O)c1ccc(CN2C(=O)N/C(=C\c3cc(OC)c(OCC(=O)Nc4ccccc4)c(OC)c3)C2=O)o1. The highest BCUT2D eigenvalue weighted by Gasteiger charge is 2.34. The number of amides is 4. The summed E-state index contributed by atoms with van der Waals surface area (Å²) >= 11 is 0. The smallest absolute Gasteiger partial charge is 0.373 e. The van der Waals surface area contributed by atoms with Crippen LogP contribution in [0, 0.1) is 0 Å². The highest BCUT2D eigenvalue weighted by Crippen LogP contribution is 2.39. The Labute approximate surface area is 223 Å². The summed E-state index contributed by atoms with van der Waals surface area (Å²) in [7, 11) is 4.04. The summed E-state index contributed by atoms with van der Waals surface area (Å²) in [4.78, 5) is 50.3. The predicted octanol–water partition coefficient (Wildman–Crippen LogP) is 3.19. The summed E-state index contributed by atoms with van der Waals surface area (Å²) in [6.07, 6.45) is 1.44. The Bertz CT molecular complexity index is 1400. The topological polar surface area (TPSA) is 146 Å². The van der Waals surface area contributed by atoms with Gasteiger partial charge in [-0.2, -0.15) is 0 Å². The number of furan rings is 1. The number of imide groups is 1. The highest BCUT2D eigenvalue weighted by molar-refractivity contribution is 6.13. The summed E-state index contributed by atoms with van der Waals surface area (Å²) in [5.41, 5.74) is 1.08. The van der Waals surface area contributed by atoms with Gasteiger partial charge in [0.1, 0.15) is 11.5 Å². The molecule has 39 heavy (non-hydrogen) atoms. The maximum atomic E-state index is 12.9. The number of hydrogen-bond donors (Lipinski definition) is 2. The Morgan fingerprint density at radius 1 is 1.00 bits per heavy atom. The molecule has 4 rings (SSSR count). The Hall–Kier alpha value is -5.26. The van der Waals surface area contributed by atoms with Crippen LogP contribution in [0.2, 0.25) is 0 Å². The molecule has 0 bridgehead atoms. The second-order valence-electron chi connectivity index (χ2n) is 8.09. The van der Waals surface area contributed by atoms with E-state index in [9.17, 15) is 19.2 Å². The van der Waals surface area contributed by atoms with E-state index in [-0.39, 0.29) is 53.5 Å². The highest BCUT2D eigenvalue weighted by atomic mass is 16.5. The lowest BCUT2D eigenvalue weighted by Crippen LogP contribution is -2.30. The van der Waals surface area contributed by atoms with Gasteiger partial charge in [-0.1, -0.05) is 18.2 Å². The molecule has 0 unspecified atom stereocenters. The zero-order valence-electron chi connectivity index (χ0n) is 21.3. The fourth-order valence-electron chi connectivity index (χ4n) is 3.69. The molecular formula is C27H25N3O9. The summed E-state index contributed by atoms with van der Waals surface area (Å²) in [6.45, 7) is -0.501. The van der Waals surface area contributed by atoms with Gasteiger partial charge in [0.25, 0.3) is 11.8 Å². The van der Waals surface area contributed by atoms with Gasteiger partial charge in [-0.05, 0) is 48.0 Å². The molecule has 1 saturated heterocycles. The predicted molar refractivity (Wildman–Crippen MR) is 137 cm³/mol. The molecule has 0 atom stereocenters. The first-order valence-corrected chi connectivity index (χ1v) is 11.6. The zero-order chi connectivity index (χ0) is 27.9. The summed E-state index contributed by atoms with van der Waals surface area (Å²) in [5.74, 6) is -0.811. The number of hydrogen-bond acceptors (Lipinski definition) is 9. The van der Waals surface area contributed by atoms with Crippen LogP contribution in [0.15, 0.2) is 64.7 Å². The number of esters is 1. The molecule has 0 spiro atoms. The van der Waals surface area contributed by atoms with Crippen LogP contribution in [0.3, 0.4) is 0 Å². The lowest BCUT2D eigenvalue weighted by Gasteiger charge is -2.15. The zero-order valence-corrected chi connectivity index (χ0v) is 21.3. The molecule has 0 aliphatic carbocycles. The molecule has 0 saturated carbocycles. The lowest BCUT2D eigenvalue weighted by molar-refractivity contribution is -0.123. The third kappa shape index (κ3) is 6.18. The van der Waals surface area contributed by atoms with Crippen molar-refractivity contribution in [2.24, 2.45) is 0 Å². The van der Waals surface area contributed by atoms with Crippen molar-refractivity contribution >= 4 is 35.6 Å². The van der Waals surface area contributed by atoms with Crippen molar-refractivity contribution in [1.82, 2.24) is 10.2 Å². The van der Waals surface area contributed by atoms with Crippen molar-refractivity contribution in [3.63, 3.8) is 0 Å². The number of nitrogens with zero attached hydrogens (tertiary/aromatic N) is 1. The van der Waals surface area contributed by atoms with Crippen molar-refractivity contribution in [2.45, 2.75) is 6.54 Å². The second kappa shape index (κ2) is 11.9. The minimum atomic E-state index is -0.675. The van der Waals surface area contributed by atoms with Crippen LogP contribution in [0.25, 0.3) is 6.08 Å². The molecule has 202 valence electrons. The summed E-state index contributed by atoms with van der Waals surface area (Å²) in [6, 6.07) is 14.3. The summed E-state index contributed by atoms with van der Waals surface area (Å²) < 4.78 is 26.5. The molecule has 1 aliphatic heterocycles. The molecule has 0 radical (unpaired) electrons. The van der Waals surface area contributed by atoms with Crippen LogP contribution < -0.4 is 24.8 Å². The number of anilines is 1. The quantitative estimate of drug-likeness (QED) is 0.227. The maximum absolute atomic E-state index is 12.9. The normalized spacial score (nSPS) is 13.7. The number of carbonyl (C=O) groups excluding carboxylic acids is 4. The molecule has 1 aliphatic rings. The molecule has 12 heteroatoms. The molecule has 2 N–H and O–H groups in total. The van der Waals surface area contributed by atoms with Crippen LogP contribution >= 0.6 is 0 Å². The Morgan fingerprint density at radius 2 is 1.69 bits per heavy atom. The minimum absolute atomic E-state index is 0.000221. The number of benzene rings is 2. The molecule has 1 aromatic heterocycles. The van der Waals surface area contributed by atoms with Gasteiger partial charge in [-0.25, -0.2) is 9.59 Å². The standard InChI is InChI=1S/C27H25N3O9/c1-35-21-12-16(13-22(36-2)24(21)38-15-23(31)28-17-7-5-4-6-8-17)11-19-25(32)30(27(34)29-19)14-18-9-10-20(39-18)26(33)37-3/h4-13H,14-15H2,1-3H3,(H,28,31)(H,29,34)/b19-11-. The van der Waals surface area contributed by atoms with E-state index in [1.807, 2.05) is 6.07 Å². The monoisotopic (exact) mass is 535 g/mol. The van der Waals surface area contributed by atoms with E-state index in [0.717, 1.165) is 4.90 Å². The van der Waals surface area contributed by atoms with Crippen LogP contribution in [0.4, 0.5) is 10.5 Å². The van der Waals surface area contributed by atoms with Gasteiger partial charge < -0.3 is 34.0 Å². The number of urea groups is 1. The summed E-state index contributed by atoms with van der Waals surface area (Å²) in [5, 5.41) is 5.24. The van der Waals surface area contributed by atoms with Crippen LogP contribution in [-0.2, 0) is 20.9 Å². The van der Waals surface area contributed by atoms with Gasteiger partial charge in [-0.15, -0.1) is 0 Å². The third-order valence-electron chi connectivity index (χ3n) is 5.52. The van der Waals surface area contributed by atoms with E-state index in [1.54, 1.807) is 36.4 Å². The molecule has 4 amide bonds. The minimum Gasteiger partial charge on any atom is -0.493 e. The lowest BCUT2D eigenvalue weighted by atomic mass is 10.1. The van der Waals surface area contributed by atoms with Crippen LogP contribution in [0.1, 0.15) is 21.9 Å². The van der Waals surface area contributed by atoms with Gasteiger partial charge in [0, 0.05) is 5.69 Å². The molecular weight excluding hydrogens is 510 g/mol. The first-order chi connectivity index (χ1) is 18.8. The van der Waals surface area contributed by atoms with E-state index in [1.165, 1.54) is 39.5 Å². The number of para-hydroxylation sites is 1. The largest absolute Gasteiger partial charge is 0.493 e. The van der Waals surface area contributed by atoms with Crippen LogP contribution in [-0.4, -0.2) is 56.7 Å². The van der Waals surface area contributed by atoms with Crippen molar-refractivity contribution < 1.29 is 42.5 Å². The number of rotatable bonds is 10. The first-order valence-electron chi connectivity index (χ1n) is 11.6. The number of ether oxygens (including phenoxy) is 4. The third-order valence-corrected chi connectivity index (χ3v) is 5.52. The van der Waals surface area contributed by atoms with Crippen molar-refractivity contribution in [1.29, 1.82) is 0 Å². The molecule has 2 aromatic carbocycles. The number of nitrogens with one attached hydrogen (secondary N) is 2. The Morgan fingerprint density at radius 3 is 2.33 bits per heavy atom. The first kappa shape index (κ1) is 26.8. The number of carbonyl (C=O) groups is 4. The molecule has 12 nitrogen and oxygen atoms in total. The van der Waals surface area contributed by atoms with Crippen molar-refractivity contribution in [3.8, 4) is 17.2 Å². The second-order valence-corrected chi connectivity index (χ2v) is 8.09. The molecule has 1 fully saturated rings. The fraction of sp³-hybridized carbons (Fsp3) is 0.185. The van der Waals surface area contributed by atoms with Crippen molar-refractivity contribution in [3.05, 3.63) is 77.4 Å². The molecule has 2 heterocycles. The van der Waals surface area contributed by atoms with E-state index < -0.39 is 17.9 Å². The number of methoxy groups -OCH3 is 3. The maximum Gasteiger partial charge on any atom is 0.373 e. The van der Waals surface area contributed by atoms with Gasteiger partial charge >= 0.3 is 12.0 Å². The van der Waals surface area contributed by atoms with E-state index in [4.69, 9.17) is 18.6 Å². The Balaban J connectivity index is 1.49. The fourth-order valence-corrected chi connectivity index (χ4v) is 3.69. The average molecular weight is 536 g/mol.